The molecule has 0 aliphatic rings. The Kier molecular flexibility index (Phi) is 4.08. The molecule has 0 aliphatic heterocycles. The fraction of sp³-hybridized carbons (Fsp3) is 0.200. The minimum atomic E-state index is 0.0176. The van der Waals surface area contributed by atoms with E-state index in [-0.39, 0.29) is 5.78 Å². The first-order chi connectivity index (χ1) is 6.61. The number of nitrogens with zero attached hydrogens (tertiary/aromatic N) is 1. The first-order valence-electron chi connectivity index (χ1n) is 3.90. The number of ketones is 1. The van der Waals surface area contributed by atoms with Gasteiger partial charge in [0.2, 0.25) is 0 Å². The largest absolute Gasteiger partial charge is 0.293 e. The topological polar surface area (TPSA) is 40.9 Å². The van der Waals surface area contributed by atoms with Crippen molar-refractivity contribution in [3.05, 3.63) is 32.4 Å². The molecule has 0 saturated carbocycles. The van der Waals surface area contributed by atoms with E-state index in [0.717, 1.165) is 9.13 Å². The number of benzene rings is 1. The van der Waals surface area contributed by atoms with Crippen LogP contribution in [0.4, 0.5) is 0 Å². The molecule has 0 atom stereocenters. The minimum absolute atomic E-state index is 0.0176. The second-order valence-electron chi connectivity index (χ2n) is 2.76. The molecule has 0 saturated heterocycles. The molecule has 4 heteroatoms. The highest BCUT2D eigenvalue weighted by Crippen LogP contribution is 2.21. The Morgan fingerprint density at radius 2 is 2.29 bits per heavy atom. The zero-order valence-electron chi connectivity index (χ0n) is 7.47. The molecule has 0 fully saturated rings. The van der Waals surface area contributed by atoms with Gasteiger partial charge in [-0.2, -0.15) is 5.26 Å². The molecule has 0 amide bonds. The van der Waals surface area contributed by atoms with Crippen molar-refractivity contribution in [2.24, 2.45) is 0 Å². The molecule has 72 valence electrons. The van der Waals surface area contributed by atoms with E-state index in [1.54, 1.807) is 19.1 Å². The maximum absolute atomic E-state index is 11.6. The fourth-order valence-corrected chi connectivity index (χ4v) is 2.37. The van der Waals surface area contributed by atoms with E-state index in [1.165, 1.54) is 0 Å². The number of nitriles is 1. The molecule has 0 N–H and O–H groups in total. The number of hydrogen-bond donors (Lipinski definition) is 0. The Bertz CT molecular complexity index is 423. The van der Waals surface area contributed by atoms with E-state index in [1.807, 2.05) is 0 Å². The van der Waals surface area contributed by atoms with Crippen molar-refractivity contribution in [1.82, 2.24) is 0 Å². The van der Waals surface area contributed by atoms with Gasteiger partial charge >= 0.3 is 0 Å². The van der Waals surface area contributed by atoms with Gasteiger partial charge in [-0.3, -0.25) is 4.79 Å². The first-order valence-corrected chi connectivity index (χ1v) is 6.10. The molecule has 0 unspecified atom stereocenters. The van der Waals surface area contributed by atoms with Gasteiger partial charge in [-0.25, -0.2) is 0 Å². The van der Waals surface area contributed by atoms with Crippen molar-refractivity contribution in [3.63, 3.8) is 0 Å². The van der Waals surface area contributed by atoms with Crippen LogP contribution in [0.15, 0.2) is 12.1 Å². The van der Waals surface area contributed by atoms with Gasteiger partial charge in [0, 0.05) is 9.13 Å². The maximum atomic E-state index is 11.6. The van der Waals surface area contributed by atoms with E-state index >= 15 is 0 Å². The highest BCUT2D eigenvalue weighted by atomic mass is 127. The Morgan fingerprint density at radius 3 is 2.79 bits per heavy atom. The lowest BCUT2D eigenvalue weighted by atomic mass is 10.0. The van der Waals surface area contributed by atoms with Crippen LogP contribution in [0, 0.1) is 21.8 Å². The van der Waals surface area contributed by atoms with Gasteiger partial charge in [0.25, 0.3) is 0 Å². The zero-order valence-corrected chi connectivity index (χ0v) is 11.2. The number of hydrogen-bond acceptors (Lipinski definition) is 2. The quantitative estimate of drug-likeness (QED) is 0.460. The summed E-state index contributed by atoms with van der Waals surface area (Å²) in [5.74, 6) is 0.0176. The summed E-state index contributed by atoms with van der Waals surface area (Å²) >= 11 is 5.24. The smallest absolute Gasteiger partial charge is 0.174 e. The Labute approximate surface area is 105 Å². The average molecular weight is 364 g/mol. The molecule has 1 aromatic carbocycles. The number of rotatable bonds is 2. The molecule has 0 radical (unpaired) electrons. The highest BCUT2D eigenvalue weighted by molar-refractivity contribution is 14.1. The third-order valence-corrected chi connectivity index (χ3v) is 3.34. The standard InChI is InChI=1S/C10H7BrINO/c1-6-7(5-13)2-3-8(12)10(6)9(14)4-11/h2-3H,4H2,1H3. The third kappa shape index (κ3) is 2.15. The van der Waals surface area contributed by atoms with Gasteiger partial charge < -0.3 is 0 Å². The van der Waals surface area contributed by atoms with Gasteiger partial charge in [0.1, 0.15) is 0 Å². The summed E-state index contributed by atoms with van der Waals surface area (Å²) in [6.45, 7) is 1.80. The molecule has 1 rings (SSSR count). The van der Waals surface area contributed by atoms with Crippen LogP contribution in [-0.4, -0.2) is 11.1 Å². The average Bonchev–Trinajstić information content (AvgIpc) is 2.18. The summed E-state index contributed by atoms with van der Waals surface area (Å²) in [4.78, 5) is 11.6. The van der Waals surface area contributed by atoms with E-state index in [4.69, 9.17) is 5.26 Å². The Balaban J connectivity index is 3.42. The van der Waals surface area contributed by atoms with Crippen molar-refractivity contribution in [2.45, 2.75) is 6.92 Å². The predicted octanol–water partition coefficient (Wildman–Crippen LogP) is 3.05. The Morgan fingerprint density at radius 1 is 1.64 bits per heavy atom. The number of alkyl halides is 1. The van der Waals surface area contributed by atoms with Gasteiger partial charge in [0.05, 0.1) is 17.0 Å². The number of carbonyl (C=O) groups is 1. The van der Waals surface area contributed by atoms with Crippen LogP contribution < -0.4 is 0 Å². The van der Waals surface area contributed by atoms with Crippen LogP contribution in [-0.2, 0) is 0 Å². The lowest BCUT2D eigenvalue weighted by Crippen LogP contribution is -2.06. The van der Waals surface area contributed by atoms with E-state index in [0.29, 0.717) is 16.5 Å². The highest BCUT2D eigenvalue weighted by Gasteiger charge is 2.14. The van der Waals surface area contributed by atoms with Gasteiger partial charge in [0.15, 0.2) is 5.78 Å². The molecule has 0 spiro atoms. The fourth-order valence-electron chi connectivity index (χ4n) is 1.21. The first kappa shape index (κ1) is 11.7. The van der Waals surface area contributed by atoms with Crippen molar-refractivity contribution >= 4 is 44.3 Å². The summed E-state index contributed by atoms with van der Waals surface area (Å²) in [5.41, 5.74) is 1.99. The van der Waals surface area contributed by atoms with Crippen LogP contribution in [0.1, 0.15) is 21.5 Å². The third-order valence-electron chi connectivity index (χ3n) is 1.93. The summed E-state index contributed by atoms with van der Waals surface area (Å²) in [6, 6.07) is 5.60. The van der Waals surface area contributed by atoms with Crippen molar-refractivity contribution in [2.75, 3.05) is 5.33 Å². The SMILES string of the molecule is Cc1c(C#N)ccc(I)c1C(=O)CBr. The van der Waals surface area contributed by atoms with E-state index < -0.39 is 0 Å². The van der Waals surface area contributed by atoms with E-state index in [2.05, 4.69) is 44.6 Å². The van der Waals surface area contributed by atoms with Crippen LogP contribution >= 0.6 is 38.5 Å². The molecule has 0 bridgehead atoms. The normalized spacial score (nSPS) is 9.57. The van der Waals surface area contributed by atoms with Crippen molar-refractivity contribution in [1.29, 1.82) is 5.26 Å². The molecule has 0 heterocycles. The summed E-state index contributed by atoms with van der Waals surface area (Å²) in [7, 11) is 0. The van der Waals surface area contributed by atoms with Gasteiger partial charge in [-0.05, 0) is 47.2 Å². The van der Waals surface area contributed by atoms with Crippen LogP contribution in [0.3, 0.4) is 0 Å². The number of carbonyl (C=O) groups excluding carboxylic acids is 1. The summed E-state index contributed by atoms with van der Waals surface area (Å²) < 4.78 is 0.892. The molecule has 14 heavy (non-hydrogen) atoms. The Hall–Kier alpha value is -0.410. The van der Waals surface area contributed by atoms with Gasteiger partial charge in [-0.15, -0.1) is 0 Å². The second kappa shape index (κ2) is 4.89. The van der Waals surface area contributed by atoms with Crippen molar-refractivity contribution in [3.8, 4) is 6.07 Å². The van der Waals surface area contributed by atoms with Crippen LogP contribution in [0.2, 0.25) is 0 Å². The number of Topliss-reactive ketones (excluding diaryl/α,β-unsaturated/α-hetero) is 1. The monoisotopic (exact) mass is 363 g/mol. The predicted molar refractivity (Wildman–Crippen MR) is 66.7 cm³/mol. The summed E-state index contributed by atoms with van der Waals surface area (Å²) in [6.07, 6.45) is 0. The molecular weight excluding hydrogens is 357 g/mol. The lowest BCUT2D eigenvalue weighted by molar-refractivity contribution is 0.102. The lowest BCUT2D eigenvalue weighted by Gasteiger charge is -2.06. The molecular formula is C10H7BrINO. The van der Waals surface area contributed by atoms with E-state index in [9.17, 15) is 4.79 Å². The maximum Gasteiger partial charge on any atom is 0.174 e. The van der Waals surface area contributed by atoms with Crippen molar-refractivity contribution < 1.29 is 4.79 Å². The van der Waals surface area contributed by atoms with Crippen LogP contribution in [0.25, 0.3) is 0 Å². The van der Waals surface area contributed by atoms with Gasteiger partial charge in [-0.1, -0.05) is 15.9 Å². The zero-order chi connectivity index (χ0) is 10.7. The molecule has 0 aliphatic carbocycles. The second-order valence-corrected chi connectivity index (χ2v) is 4.49. The molecule has 2 nitrogen and oxygen atoms in total. The molecule has 1 aromatic rings. The number of halogens is 2. The van der Waals surface area contributed by atoms with Crippen LogP contribution in [0.5, 0.6) is 0 Å². The minimum Gasteiger partial charge on any atom is -0.293 e. The summed E-state index contributed by atoms with van der Waals surface area (Å²) in [5, 5.41) is 9.10. The molecule has 0 aromatic heterocycles.